The molecule has 3 rings (SSSR count). The fourth-order valence-corrected chi connectivity index (χ4v) is 2.72. The van der Waals surface area contributed by atoms with Gasteiger partial charge in [-0.05, 0) is 24.1 Å². The molecule has 1 aromatic heterocycles. The molecule has 0 bridgehead atoms. The van der Waals surface area contributed by atoms with Crippen molar-refractivity contribution in [2.45, 2.75) is 25.6 Å². The van der Waals surface area contributed by atoms with Gasteiger partial charge in [0, 0.05) is 31.6 Å². The van der Waals surface area contributed by atoms with Crippen molar-refractivity contribution in [3.63, 3.8) is 0 Å². The van der Waals surface area contributed by atoms with E-state index in [1.807, 2.05) is 12.1 Å². The first-order valence-corrected chi connectivity index (χ1v) is 8.34. The number of methoxy groups -OCH3 is 1. The van der Waals surface area contributed by atoms with E-state index < -0.39 is 12.1 Å². The Morgan fingerprint density at radius 2 is 1.79 bits per heavy atom. The summed E-state index contributed by atoms with van der Waals surface area (Å²) in [6.45, 7) is 2.68. The van der Waals surface area contributed by atoms with Crippen LogP contribution in [-0.2, 0) is 24.2 Å². The summed E-state index contributed by atoms with van der Waals surface area (Å²) >= 11 is 0. The Hall–Kier alpha value is -2.75. The molecule has 10 heteroatoms. The van der Waals surface area contributed by atoms with Crippen LogP contribution in [0.5, 0.6) is 5.88 Å². The van der Waals surface area contributed by atoms with Crippen LogP contribution in [0.1, 0.15) is 16.8 Å². The zero-order valence-electron chi connectivity index (χ0n) is 15.0. The van der Waals surface area contributed by atoms with Crippen LogP contribution in [-0.4, -0.2) is 52.3 Å². The molecule has 2 aromatic rings. The maximum absolute atomic E-state index is 13.0. The molecule has 1 aliphatic rings. The highest BCUT2D eigenvalue weighted by molar-refractivity contribution is 5.73. The van der Waals surface area contributed by atoms with Gasteiger partial charge in [0.1, 0.15) is 12.1 Å². The van der Waals surface area contributed by atoms with Crippen LogP contribution in [0.3, 0.4) is 0 Å². The van der Waals surface area contributed by atoms with Crippen LogP contribution in [0.15, 0.2) is 30.6 Å². The number of halogens is 4. The van der Waals surface area contributed by atoms with Gasteiger partial charge in [0.2, 0.25) is 5.88 Å². The van der Waals surface area contributed by atoms with Crippen molar-refractivity contribution >= 4 is 5.97 Å². The van der Waals surface area contributed by atoms with Gasteiger partial charge in [0.15, 0.2) is 0 Å². The van der Waals surface area contributed by atoms with Gasteiger partial charge < -0.3 is 9.84 Å². The van der Waals surface area contributed by atoms with Crippen molar-refractivity contribution in [3.8, 4) is 5.88 Å². The molecule has 6 nitrogen and oxygen atoms in total. The molecule has 1 aliphatic heterocycles. The summed E-state index contributed by atoms with van der Waals surface area (Å²) in [7, 11) is 1.64. The molecule has 0 spiro atoms. The minimum absolute atomic E-state index is 0.193. The largest absolute Gasteiger partial charge is 0.490 e. The average molecular weight is 401 g/mol. The Morgan fingerprint density at radius 3 is 2.36 bits per heavy atom. The van der Waals surface area contributed by atoms with Gasteiger partial charge in [-0.2, -0.15) is 13.2 Å². The number of aromatic nitrogens is 2. The molecule has 0 saturated heterocycles. The Morgan fingerprint density at radius 1 is 1.18 bits per heavy atom. The Balaban J connectivity index is 0.000000345. The predicted molar refractivity (Wildman–Crippen MR) is 91.4 cm³/mol. The van der Waals surface area contributed by atoms with Crippen molar-refractivity contribution in [1.82, 2.24) is 14.9 Å². The summed E-state index contributed by atoms with van der Waals surface area (Å²) in [5.74, 6) is -2.27. The monoisotopic (exact) mass is 401 g/mol. The number of carboxylic acid groups (broad SMARTS) is 1. The van der Waals surface area contributed by atoms with Crippen LogP contribution >= 0.6 is 0 Å². The van der Waals surface area contributed by atoms with Gasteiger partial charge in [-0.3, -0.25) is 4.90 Å². The zero-order valence-corrected chi connectivity index (χ0v) is 15.0. The summed E-state index contributed by atoms with van der Waals surface area (Å²) in [4.78, 5) is 19.8. The Kier molecular flexibility index (Phi) is 7.27. The van der Waals surface area contributed by atoms with E-state index in [4.69, 9.17) is 14.6 Å². The highest BCUT2D eigenvalue weighted by atomic mass is 19.4. The van der Waals surface area contributed by atoms with E-state index >= 15 is 0 Å². The molecule has 28 heavy (non-hydrogen) atoms. The second-order valence-electron chi connectivity index (χ2n) is 6.01. The molecule has 0 saturated carbocycles. The van der Waals surface area contributed by atoms with Gasteiger partial charge in [-0.1, -0.05) is 12.1 Å². The molecule has 1 aromatic carbocycles. The van der Waals surface area contributed by atoms with Crippen LogP contribution in [0.2, 0.25) is 0 Å². The number of nitrogens with zero attached hydrogens (tertiary/aromatic N) is 3. The fraction of sp³-hybridized carbons (Fsp3) is 0.389. The van der Waals surface area contributed by atoms with E-state index in [-0.39, 0.29) is 5.82 Å². The van der Waals surface area contributed by atoms with Crippen LogP contribution in [0.25, 0.3) is 0 Å². The van der Waals surface area contributed by atoms with Crippen molar-refractivity contribution in [1.29, 1.82) is 0 Å². The smallest absolute Gasteiger partial charge is 0.481 e. The molecule has 0 amide bonds. The second-order valence-corrected chi connectivity index (χ2v) is 6.01. The molecule has 0 radical (unpaired) electrons. The average Bonchev–Trinajstić information content (AvgIpc) is 2.86. The van der Waals surface area contributed by atoms with E-state index in [1.54, 1.807) is 13.4 Å². The quantitative estimate of drug-likeness (QED) is 0.798. The summed E-state index contributed by atoms with van der Waals surface area (Å²) in [6.07, 6.45) is -1.76. The number of hydrogen-bond acceptors (Lipinski definition) is 5. The molecule has 0 unspecified atom stereocenters. The van der Waals surface area contributed by atoms with Gasteiger partial charge in [-0.15, -0.1) is 0 Å². The van der Waals surface area contributed by atoms with Crippen molar-refractivity contribution < 1.29 is 32.2 Å². The van der Waals surface area contributed by atoms with E-state index in [1.165, 1.54) is 12.1 Å². The topological polar surface area (TPSA) is 75.6 Å². The number of rotatable bonds is 3. The summed E-state index contributed by atoms with van der Waals surface area (Å²) in [5.41, 5.74) is 3.31. The molecule has 2 heterocycles. The molecule has 1 N–H and O–H groups in total. The summed E-state index contributed by atoms with van der Waals surface area (Å²) < 4.78 is 50.0. The third kappa shape index (κ3) is 6.15. The first-order chi connectivity index (χ1) is 13.2. The predicted octanol–water partition coefficient (Wildman–Crippen LogP) is 2.86. The number of carboxylic acids is 1. The molecule has 0 fully saturated rings. The standard InChI is InChI=1S/C16H18FN3O.C2HF3O2/c1-21-16-14-6-8-20(9-7-15(14)18-11-19-16)10-12-2-4-13(17)5-3-12;3-2(4,5)1(6)7/h2-5,11H,6-10H2,1H3;(H,6,7). The van der Waals surface area contributed by atoms with Crippen LogP contribution < -0.4 is 4.74 Å². The number of alkyl halides is 3. The third-order valence-electron chi connectivity index (χ3n) is 4.09. The molecular weight excluding hydrogens is 382 g/mol. The fourth-order valence-electron chi connectivity index (χ4n) is 2.72. The van der Waals surface area contributed by atoms with Crippen LogP contribution in [0.4, 0.5) is 17.6 Å². The van der Waals surface area contributed by atoms with Gasteiger partial charge >= 0.3 is 12.1 Å². The SMILES string of the molecule is COc1ncnc2c1CCN(Cc1ccc(F)cc1)CC2.O=C(O)C(F)(F)F. The highest BCUT2D eigenvalue weighted by Crippen LogP contribution is 2.22. The number of aliphatic carboxylic acids is 1. The maximum atomic E-state index is 13.0. The van der Waals surface area contributed by atoms with E-state index in [2.05, 4.69) is 14.9 Å². The van der Waals surface area contributed by atoms with E-state index in [0.29, 0.717) is 5.88 Å². The minimum Gasteiger partial charge on any atom is -0.481 e. The number of ether oxygens (including phenoxy) is 1. The van der Waals surface area contributed by atoms with Gasteiger partial charge in [0.05, 0.1) is 12.8 Å². The number of benzene rings is 1. The summed E-state index contributed by atoms with van der Waals surface area (Å²) in [5, 5.41) is 7.12. The normalized spacial score (nSPS) is 14.3. The molecule has 152 valence electrons. The van der Waals surface area contributed by atoms with Gasteiger partial charge in [0.25, 0.3) is 0 Å². The lowest BCUT2D eigenvalue weighted by Crippen LogP contribution is -2.25. The third-order valence-corrected chi connectivity index (χ3v) is 4.09. The second kappa shape index (κ2) is 9.45. The van der Waals surface area contributed by atoms with Gasteiger partial charge in [-0.25, -0.2) is 19.2 Å². The van der Waals surface area contributed by atoms with Crippen molar-refractivity contribution in [2.75, 3.05) is 20.2 Å². The number of fused-ring (bicyclic) bond motifs is 1. The maximum Gasteiger partial charge on any atom is 0.490 e. The molecule has 0 aliphatic carbocycles. The lowest BCUT2D eigenvalue weighted by atomic mass is 10.1. The van der Waals surface area contributed by atoms with E-state index in [0.717, 1.165) is 49.3 Å². The lowest BCUT2D eigenvalue weighted by Gasteiger charge is -2.19. The van der Waals surface area contributed by atoms with Crippen molar-refractivity contribution in [2.24, 2.45) is 0 Å². The number of carbonyl (C=O) groups is 1. The first kappa shape index (κ1) is 21.5. The summed E-state index contributed by atoms with van der Waals surface area (Å²) in [6, 6.07) is 6.70. The number of hydrogen-bond donors (Lipinski definition) is 1. The zero-order chi connectivity index (χ0) is 20.7. The molecule has 0 atom stereocenters. The van der Waals surface area contributed by atoms with E-state index in [9.17, 15) is 17.6 Å². The Bertz CT molecular complexity index is 798. The van der Waals surface area contributed by atoms with Crippen LogP contribution in [0, 0.1) is 5.82 Å². The minimum atomic E-state index is -5.08. The highest BCUT2D eigenvalue weighted by Gasteiger charge is 2.38. The molecular formula is C18H19F4N3O3. The van der Waals surface area contributed by atoms with Crippen molar-refractivity contribution in [3.05, 3.63) is 53.2 Å². The Labute approximate surface area is 158 Å². The lowest BCUT2D eigenvalue weighted by molar-refractivity contribution is -0.192. The first-order valence-electron chi connectivity index (χ1n) is 8.34.